The van der Waals surface area contributed by atoms with Crippen LogP contribution >= 0.6 is 46.6 Å². The number of hydrogen-bond acceptors (Lipinski definition) is 0. The first-order valence-electron chi connectivity index (χ1n) is 0.535. The number of hydrogen-bond donors (Lipinski definition) is 0. The molecule has 5 heteroatoms. The zero-order chi connectivity index (χ0) is 4.50. The first kappa shape index (κ1) is 7.16. The molecule has 0 fully saturated rings. The van der Waals surface area contributed by atoms with Crippen molar-refractivity contribution in [3.63, 3.8) is 0 Å². The van der Waals surface area contributed by atoms with Crippen LogP contribution in [0.25, 0.3) is 0 Å². The second-order valence-electron chi connectivity index (χ2n) is 0.303. The van der Waals surface area contributed by atoms with Gasteiger partial charge in [0, 0.05) is 0 Å². The molecule has 0 heterocycles. The Morgan fingerprint density at radius 1 is 1.20 bits per heavy atom. The van der Waals surface area contributed by atoms with Crippen molar-refractivity contribution in [2.75, 3.05) is 0 Å². The SMILES string of the molecule is [Cl][Ru]([Cl])([Br])[Br]. The van der Waals surface area contributed by atoms with Crippen molar-refractivity contribution in [2.45, 2.75) is 0 Å². The zero-order valence-electron chi connectivity index (χ0n) is 1.87. The Balaban J connectivity index is 3.02. The molecule has 0 spiro atoms. The fraction of sp³-hybridized carbons (Fsp3) is 0. The molecule has 0 bridgehead atoms. The molecule has 0 saturated heterocycles. The summed E-state index contributed by atoms with van der Waals surface area (Å²) in [6.07, 6.45) is 0. The van der Waals surface area contributed by atoms with Crippen LogP contribution in [0.3, 0.4) is 0 Å². The third-order valence-electron chi connectivity index (χ3n) is 0. The van der Waals surface area contributed by atoms with Gasteiger partial charge in [0.15, 0.2) is 0 Å². The molecule has 0 amide bonds. The number of halogens is 4. The molecule has 0 aliphatic heterocycles. The van der Waals surface area contributed by atoms with E-state index in [1.165, 1.54) is 0 Å². The third-order valence-corrected chi connectivity index (χ3v) is 0. The average molecular weight is 332 g/mol. The van der Waals surface area contributed by atoms with Gasteiger partial charge in [-0.3, -0.25) is 0 Å². The van der Waals surface area contributed by atoms with Crippen LogP contribution in [0.2, 0.25) is 0 Å². The molecule has 0 aromatic heterocycles. The van der Waals surface area contributed by atoms with Gasteiger partial charge in [-0.25, -0.2) is 0 Å². The molecule has 0 N–H and O–H groups in total. The van der Waals surface area contributed by atoms with Gasteiger partial charge in [0.1, 0.15) is 0 Å². The van der Waals surface area contributed by atoms with Crippen molar-refractivity contribution in [3.8, 4) is 0 Å². The van der Waals surface area contributed by atoms with Gasteiger partial charge in [0.2, 0.25) is 0 Å². The van der Waals surface area contributed by atoms with Crippen LogP contribution in [-0.4, -0.2) is 0 Å². The van der Waals surface area contributed by atoms with Crippen molar-refractivity contribution in [3.05, 3.63) is 0 Å². The topological polar surface area (TPSA) is 0 Å². The molecule has 0 nitrogen and oxygen atoms in total. The normalized spacial score (nSPS) is 15.2. The quantitative estimate of drug-likeness (QED) is 0.598. The fourth-order valence-corrected chi connectivity index (χ4v) is 0. The van der Waals surface area contributed by atoms with Gasteiger partial charge >= 0.3 is 55.5 Å². The van der Waals surface area contributed by atoms with Crippen molar-refractivity contribution < 1.29 is 8.87 Å². The van der Waals surface area contributed by atoms with Crippen molar-refractivity contribution >= 4 is 46.6 Å². The van der Waals surface area contributed by atoms with Crippen molar-refractivity contribution in [2.24, 2.45) is 0 Å². The van der Waals surface area contributed by atoms with E-state index in [1.807, 2.05) is 0 Å². The van der Waals surface area contributed by atoms with Crippen LogP contribution in [-0.2, 0) is 8.87 Å². The van der Waals surface area contributed by atoms with Crippen molar-refractivity contribution in [1.29, 1.82) is 0 Å². The summed E-state index contributed by atoms with van der Waals surface area (Å²) in [5, 5.41) is 0. The Morgan fingerprint density at radius 2 is 1.20 bits per heavy atom. The van der Waals surface area contributed by atoms with E-state index in [2.05, 4.69) is 27.2 Å². The van der Waals surface area contributed by atoms with E-state index in [1.54, 1.807) is 0 Å². The third kappa shape index (κ3) is 22.8. The molecule has 0 atom stereocenters. The maximum absolute atomic E-state index is 5.30. The van der Waals surface area contributed by atoms with E-state index in [0.717, 1.165) is 0 Å². The maximum atomic E-state index is 5.30. The summed E-state index contributed by atoms with van der Waals surface area (Å²) in [4.78, 5) is 0. The van der Waals surface area contributed by atoms with Crippen LogP contribution in [0.15, 0.2) is 0 Å². The molecule has 0 aliphatic rings. The standard InChI is InChI=1S/2BrH.2ClH.Ru/h4*1H;/q;;;;+4/p-4. The summed E-state index contributed by atoms with van der Waals surface area (Å²) in [6.45, 7) is 0. The zero-order valence-corrected chi connectivity index (χ0v) is 8.29. The molecule has 36 valence electrons. The van der Waals surface area contributed by atoms with Gasteiger partial charge in [0.25, 0.3) is 0 Å². The Kier molecular flexibility index (Phi) is 3.53. The first-order valence-corrected chi connectivity index (χ1v) is 13.0. The molecular weight excluding hydrogens is 332 g/mol. The number of rotatable bonds is 0. The van der Waals surface area contributed by atoms with Gasteiger partial charge in [-0.05, 0) is 0 Å². The van der Waals surface area contributed by atoms with Crippen LogP contribution in [0.5, 0.6) is 0 Å². The summed E-state index contributed by atoms with van der Waals surface area (Å²) in [5.41, 5.74) is 0. The summed E-state index contributed by atoms with van der Waals surface area (Å²) < 4.78 is 0. The summed E-state index contributed by atoms with van der Waals surface area (Å²) in [5.74, 6) is 0. The summed E-state index contributed by atoms with van der Waals surface area (Å²) in [6, 6.07) is 0. The summed E-state index contributed by atoms with van der Waals surface area (Å²) >= 11 is 5.99. The minimum atomic E-state index is -2.29. The second kappa shape index (κ2) is 2.47. The molecule has 0 saturated carbocycles. The molecule has 0 rings (SSSR count). The molecule has 0 aromatic carbocycles. The molecule has 0 aromatic rings. The van der Waals surface area contributed by atoms with E-state index in [-0.39, 0.29) is 0 Å². The van der Waals surface area contributed by atoms with E-state index >= 15 is 0 Å². The van der Waals surface area contributed by atoms with Crippen LogP contribution in [0, 0.1) is 0 Å². The Morgan fingerprint density at radius 3 is 1.20 bits per heavy atom. The average Bonchev–Trinajstić information content (AvgIpc) is 0.722. The van der Waals surface area contributed by atoms with E-state index in [4.69, 9.17) is 19.4 Å². The van der Waals surface area contributed by atoms with Crippen molar-refractivity contribution in [1.82, 2.24) is 0 Å². The Bertz CT molecular complexity index is 23.1. The molecule has 0 aliphatic carbocycles. The Hall–Kier alpha value is 2.16. The predicted molar refractivity (Wildman–Crippen MR) is 29.6 cm³/mol. The fourth-order valence-electron chi connectivity index (χ4n) is 0. The van der Waals surface area contributed by atoms with Crippen LogP contribution in [0.4, 0.5) is 0 Å². The van der Waals surface area contributed by atoms with Gasteiger partial charge < -0.3 is 0 Å². The molecule has 0 unspecified atom stereocenters. The van der Waals surface area contributed by atoms with Crippen LogP contribution < -0.4 is 0 Å². The minimum absolute atomic E-state index is 2.29. The first-order chi connectivity index (χ1) is 2.00. The summed E-state index contributed by atoms with van der Waals surface area (Å²) in [7, 11) is 8.31. The van der Waals surface area contributed by atoms with Gasteiger partial charge in [-0.2, -0.15) is 0 Å². The molecule has 5 heavy (non-hydrogen) atoms. The van der Waals surface area contributed by atoms with E-state index < -0.39 is 8.87 Å². The van der Waals surface area contributed by atoms with Gasteiger partial charge in [-0.15, -0.1) is 0 Å². The van der Waals surface area contributed by atoms with Gasteiger partial charge in [-0.1, -0.05) is 0 Å². The monoisotopic (exact) mass is 330 g/mol. The predicted octanol–water partition coefficient (Wildman–Crippen LogP) is 3.07. The molecule has 0 radical (unpaired) electrons. The van der Waals surface area contributed by atoms with Crippen LogP contribution in [0.1, 0.15) is 0 Å². The second-order valence-corrected chi connectivity index (χ2v) is 29.4. The van der Waals surface area contributed by atoms with E-state index in [9.17, 15) is 0 Å². The van der Waals surface area contributed by atoms with E-state index in [0.29, 0.717) is 0 Å². The Labute approximate surface area is 54.8 Å². The molecular formula is Br2Cl2Ru. The van der Waals surface area contributed by atoms with Gasteiger partial charge in [0.05, 0.1) is 0 Å².